The molecule has 0 bridgehead atoms. The second-order valence-electron chi connectivity index (χ2n) is 6.46. The summed E-state index contributed by atoms with van der Waals surface area (Å²) >= 11 is 0. The third-order valence-corrected chi connectivity index (χ3v) is 4.24. The van der Waals surface area contributed by atoms with E-state index in [-0.39, 0.29) is 12.3 Å². The Labute approximate surface area is 164 Å². The molecule has 7 heteroatoms. The van der Waals surface area contributed by atoms with Crippen LogP contribution in [0.4, 0.5) is 0 Å². The largest absolute Gasteiger partial charge is 0.497 e. The Morgan fingerprint density at radius 2 is 1.46 bits per heavy atom. The van der Waals surface area contributed by atoms with Crippen molar-refractivity contribution in [2.45, 2.75) is 31.8 Å². The number of hydrogen-bond acceptors (Lipinski definition) is 4. The summed E-state index contributed by atoms with van der Waals surface area (Å²) in [6.07, 6.45) is 0.545. The van der Waals surface area contributed by atoms with Crippen LogP contribution in [0.15, 0.2) is 54.6 Å². The number of amides is 3. The molecule has 0 saturated heterocycles. The molecule has 4 N–H and O–H groups in total. The first kappa shape index (κ1) is 21.0. The molecule has 2 aromatic carbocycles. The summed E-state index contributed by atoms with van der Waals surface area (Å²) in [7, 11) is 1.57. The zero-order valence-corrected chi connectivity index (χ0v) is 16.0. The molecule has 0 spiro atoms. The Hall–Kier alpha value is -3.35. The fraction of sp³-hybridized carbons (Fsp3) is 0.286. The number of carbonyl (C=O) groups is 3. The minimum atomic E-state index is -0.895. The molecule has 0 fully saturated rings. The SMILES string of the molecule is COc1ccc(C[C@@H](NC(=O)[C@H](Cc2ccccc2)NC(C)=O)C(N)=O)cc1. The number of nitrogens with one attached hydrogen (secondary N) is 2. The van der Waals surface area contributed by atoms with E-state index in [0.717, 1.165) is 11.1 Å². The summed E-state index contributed by atoms with van der Waals surface area (Å²) in [5.41, 5.74) is 7.19. The van der Waals surface area contributed by atoms with Gasteiger partial charge >= 0.3 is 0 Å². The topological polar surface area (TPSA) is 111 Å². The first-order valence-corrected chi connectivity index (χ1v) is 8.92. The lowest BCUT2D eigenvalue weighted by molar-refractivity contribution is -0.130. The second-order valence-corrected chi connectivity index (χ2v) is 6.46. The first-order valence-electron chi connectivity index (χ1n) is 8.92. The van der Waals surface area contributed by atoms with Gasteiger partial charge in [-0.05, 0) is 23.3 Å². The molecule has 0 aliphatic carbocycles. The van der Waals surface area contributed by atoms with E-state index in [9.17, 15) is 14.4 Å². The lowest BCUT2D eigenvalue weighted by atomic mass is 10.0. The molecule has 0 saturated carbocycles. The van der Waals surface area contributed by atoms with Crippen molar-refractivity contribution in [3.63, 3.8) is 0 Å². The fourth-order valence-electron chi connectivity index (χ4n) is 2.80. The van der Waals surface area contributed by atoms with E-state index in [1.165, 1.54) is 6.92 Å². The van der Waals surface area contributed by atoms with Crippen molar-refractivity contribution in [2.75, 3.05) is 7.11 Å². The molecule has 0 aromatic heterocycles. The van der Waals surface area contributed by atoms with Crippen LogP contribution >= 0.6 is 0 Å². The highest BCUT2D eigenvalue weighted by Crippen LogP contribution is 2.13. The Kier molecular flexibility index (Phi) is 7.56. The molecule has 0 aliphatic rings. The van der Waals surface area contributed by atoms with Crippen molar-refractivity contribution >= 4 is 17.7 Å². The van der Waals surface area contributed by atoms with Gasteiger partial charge in [-0.2, -0.15) is 0 Å². The van der Waals surface area contributed by atoms with E-state index < -0.39 is 23.9 Å². The van der Waals surface area contributed by atoms with Crippen LogP contribution in [0.25, 0.3) is 0 Å². The van der Waals surface area contributed by atoms with Crippen LogP contribution in [0.2, 0.25) is 0 Å². The normalized spacial score (nSPS) is 12.5. The smallest absolute Gasteiger partial charge is 0.243 e. The minimum Gasteiger partial charge on any atom is -0.497 e. The molecule has 2 rings (SSSR count). The van der Waals surface area contributed by atoms with Gasteiger partial charge in [0.2, 0.25) is 17.7 Å². The maximum atomic E-state index is 12.7. The predicted octanol–water partition coefficient (Wildman–Crippen LogP) is 0.955. The zero-order chi connectivity index (χ0) is 20.5. The van der Waals surface area contributed by atoms with Crippen molar-refractivity contribution in [2.24, 2.45) is 5.73 Å². The van der Waals surface area contributed by atoms with Gasteiger partial charge in [0.1, 0.15) is 17.8 Å². The Bertz CT molecular complexity index is 806. The van der Waals surface area contributed by atoms with Gasteiger partial charge in [0, 0.05) is 19.8 Å². The molecule has 7 nitrogen and oxygen atoms in total. The number of carbonyl (C=O) groups excluding carboxylic acids is 3. The third kappa shape index (κ3) is 6.42. The average Bonchev–Trinajstić information content (AvgIpc) is 2.67. The number of ether oxygens (including phenoxy) is 1. The van der Waals surface area contributed by atoms with Crippen LogP contribution in [-0.4, -0.2) is 36.9 Å². The van der Waals surface area contributed by atoms with Gasteiger partial charge in [-0.1, -0.05) is 42.5 Å². The molecule has 0 heterocycles. The number of benzene rings is 2. The fourth-order valence-corrected chi connectivity index (χ4v) is 2.80. The van der Waals surface area contributed by atoms with E-state index in [2.05, 4.69) is 10.6 Å². The molecule has 0 radical (unpaired) electrons. The Balaban J connectivity index is 2.09. The summed E-state index contributed by atoms with van der Waals surface area (Å²) in [6, 6.07) is 14.7. The maximum absolute atomic E-state index is 12.7. The van der Waals surface area contributed by atoms with Gasteiger partial charge < -0.3 is 21.1 Å². The summed E-state index contributed by atoms with van der Waals surface area (Å²) in [5.74, 6) is -0.749. The van der Waals surface area contributed by atoms with Crippen LogP contribution in [0.1, 0.15) is 18.1 Å². The molecular formula is C21H25N3O4. The maximum Gasteiger partial charge on any atom is 0.243 e. The average molecular weight is 383 g/mol. The summed E-state index contributed by atoms with van der Waals surface area (Å²) in [4.78, 5) is 36.1. The van der Waals surface area contributed by atoms with Crippen molar-refractivity contribution in [1.29, 1.82) is 0 Å². The molecule has 0 unspecified atom stereocenters. The molecular weight excluding hydrogens is 358 g/mol. The Morgan fingerprint density at radius 3 is 2.00 bits per heavy atom. The van der Waals surface area contributed by atoms with Gasteiger partial charge in [0.05, 0.1) is 7.11 Å². The molecule has 2 atom stereocenters. The van der Waals surface area contributed by atoms with E-state index in [0.29, 0.717) is 12.2 Å². The van der Waals surface area contributed by atoms with E-state index in [4.69, 9.17) is 10.5 Å². The molecule has 148 valence electrons. The van der Waals surface area contributed by atoms with Crippen molar-refractivity contribution < 1.29 is 19.1 Å². The van der Waals surface area contributed by atoms with Crippen molar-refractivity contribution in [1.82, 2.24) is 10.6 Å². The molecule has 2 aromatic rings. The summed E-state index contributed by atoms with van der Waals surface area (Å²) < 4.78 is 5.11. The van der Waals surface area contributed by atoms with E-state index in [1.54, 1.807) is 31.4 Å². The highest BCUT2D eigenvalue weighted by Gasteiger charge is 2.25. The summed E-state index contributed by atoms with van der Waals surface area (Å²) in [6.45, 7) is 1.34. The van der Waals surface area contributed by atoms with E-state index in [1.807, 2.05) is 30.3 Å². The quantitative estimate of drug-likeness (QED) is 0.599. The van der Waals surface area contributed by atoms with Crippen molar-refractivity contribution in [3.05, 3.63) is 65.7 Å². The third-order valence-electron chi connectivity index (χ3n) is 4.24. The first-order chi connectivity index (χ1) is 13.4. The number of primary amides is 1. The van der Waals surface area contributed by atoms with Crippen LogP contribution in [0.3, 0.4) is 0 Å². The van der Waals surface area contributed by atoms with Gasteiger partial charge in [-0.3, -0.25) is 14.4 Å². The van der Waals surface area contributed by atoms with Crippen LogP contribution in [0, 0.1) is 0 Å². The highest BCUT2D eigenvalue weighted by molar-refractivity contribution is 5.91. The lowest BCUT2D eigenvalue weighted by Gasteiger charge is -2.22. The molecule has 28 heavy (non-hydrogen) atoms. The molecule has 3 amide bonds. The second kappa shape index (κ2) is 10.1. The van der Waals surface area contributed by atoms with Gasteiger partial charge in [0.25, 0.3) is 0 Å². The lowest BCUT2D eigenvalue weighted by Crippen LogP contribution is -2.54. The monoisotopic (exact) mass is 383 g/mol. The number of methoxy groups -OCH3 is 1. The predicted molar refractivity (Wildman–Crippen MR) is 106 cm³/mol. The summed E-state index contributed by atoms with van der Waals surface area (Å²) in [5, 5.41) is 5.29. The number of rotatable bonds is 9. The van der Waals surface area contributed by atoms with Gasteiger partial charge in [0.15, 0.2) is 0 Å². The Morgan fingerprint density at radius 1 is 0.893 bits per heavy atom. The number of nitrogens with two attached hydrogens (primary N) is 1. The van der Waals surface area contributed by atoms with Crippen molar-refractivity contribution in [3.8, 4) is 5.75 Å². The minimum absolute atomic E-state index is 0.239. The zero-order valence-electron chi connectivity index (χ0n) is 16.0. The standard InChI is InChI=1S/C21H25N3O4/c1-14(25)23-19(13-15-6-4-3-5-7-15)21(27)24-18(20(22)26)12-16-8-10-17(28-2)11-9-16/h3-11,18-19H,12-13H2,1-2H3,(H2,22,26)(H,23,25)(H,24,27)/t18-,19+/m1/s1. The van der Waals surface area contributed by atoms with Crippen LogP contribution in [0.5, 0.6) is 5.75 Å². The van der Waals surface area contributed by atoms with Gasteiger partial charge in [-0.25, -0.2) is 0 Å². The molecule has 0 aliphatic heterocycles. The van der Waals surface area contributed by atoms with Crippen LogP contribution in [-0.2, 0) is 27.2 Å². The highest BCUT2D eigenvalue weighted by atomic mass is 16.5. The van der Waals surface area contributed by atoms with E-state index >= 15 is 0 Å². The van der Waals surface area contributed by atoms with Gasteiger partial charge in [-0.15, -0.1) is 0 Å². The number of hydrogen-bond donors (Lipinski definition) is 3. The van der Waals surface area contributed by atoms with Crippen LogP contribution < -0.4 is 21.1 Å².